The fourth-order valence-electron chi connectivity index (χ4n) is 2.26. The lowest BCUT2D eigenvalue weighted by atomic mass is 10.2. The van der Waals surface area contributed by atoms with E-state index in [-0.39, 0.29) is 0 Å². The van der Waals surface area contributed by atoms with Crippen molar-refractivity contribution in [2.24, 2.45) is 0 Å². The van der Waals surface area contributed by atoms with E-state index in [1.807, 2.05) is 6.07 Å². The van der Waals surface area contributed by atoms with Gasteiger partial charge in [0.05, 0.1) is 6.10 Å². The first-order chi connectivity index (χ1) is 10.3. The summed E-state index contributed by atoms with van der Waals surface area (Å²) in [4.78, 5) is 13.0. The van der Waals surface area contributed by atoms with Crippen LogP contribution in [0.15, 0.2) is 18.5 Å². The minimum absolute atomic E-state index is 0.355. The van der Waals surface area contributed by atoms with Crippen molar-refractivity contribution >= 4 is 11.9 Å². The number of ether oxygens (including phenoxy) is 1. The normalized spacial score (nSPS) is 17.9. The lowest BCUT2D eigenvalue weighted by molar-refractivity contribution is 0.107. The molecule has 8 heteroatoms. The highest BCUT2D eigenvalue weighted by molar-refractivity contribution is 5.37. The van der Waals surface area contributed by atoms with Crippen LogP contribution in [-0.4, -0.2) is 51.0 Å². The van der Waals surface area contributed by atoms with E-state index in [9.17, 15) is 0 Å². The number of hydrogen-bond donors (Lipinski definition) is 2. The first-order valence-corrected chi connectivity index (χ1v) is 7.14. The molecule has 0 spiro atoms. The van der Waals surface area contributed by atoms with Crippen LogP contribution in [0.3, 0.4) is 0 Å². The van der Waals surface area contributed by atoms with Gasteiger partial charge < -0.3 is 15.4 Å². The Morgan fingerprint density at radius 2 is 2.24 bits per heavy atom. The smallest absolute Gasteiger partial charge is 0.257 e. The Labute approximate surface area is 123 Å². The SMILES string of the molecule is CNc1nc(NCCC2CCCO2)nc(-n2cccn2)n1. The molecule has 1 aliphatic heterocycles. The standard InChI is InChI=1S/C13H19N7O/c1-14-11-17-12(15-7-5-10-4-2-9-21-10)19-13(18-11)20-8-3-6-16-20/h3,6,8,10H,2,4-5,7,9H2,1H3,(H2,14,15,17,18,19). The van der Waals surface area contributed by atoms with Crippen LogP contribution in [0, 0.1) is 0 Å². The lowest BCUT2D eigenvalue weighted by Crippen LogP contribution is -2.16. The maximum Gasteiger partial charge on any atom is 0.257 e. The largest absolute Gasteiger partial charge is 0.378 e. The van der Waals surface area contributed by atoms with Crippen molar-refractivity contribution in [1.82, 2.24) is 24.7 Å². The molecular formula is C13H19N7O. The van der Waals surface area contributed by atoms with E-state index in [1.165, 1.54) is 0 Å². The van der Waals surface area contributed by atoms with Crippen LogP contribution in [0.25, 0.3) is 5.95 Å². The van der Waals surface area contributed by atoms with Gasteiger partial charge in [-0.05, 0) is 25.3 Å². The molecule has 0 aliphatic carbocycles. The van der Waals surface area contributed by atoms with Crippen LogP contribution in [0.5, 0.6) is 0 Å². The van der Waals surface area contributed by atoms with Gasteiger partial charge in [-0.25, -0.2) is 4.68 Å². The predicted molar refractivity (Wildman–Crippen MR) is 78.6 cm³/mol. The highest BCUT2D eigenvalue weighted by Crippen LogP contribution is 2.15. The van der Waals surface area contributed by atoms with E-state index >= 15 is 0 Å². The van der Waals surface area contributed by atoms with E-state index in [4.69, 9.17) is 4.74 Å². The Kier molecular flexibility index (Phi) is 4.25. The average Bonchev–Trinajstić information content (AvgIpc) is 3.20. The molecule has 3 heterocycles. The van der Waals surface area contributed by atoms with Crippen molar-refractivity contribution in [3.05, 3.63) is 18.5 Å². The van der Waals surface area contributed by atoms with Crippen molar-refractivity contribution in [2.45, 2.75) is 25.4 Å². The zero-order valence-corrected chi connectivity index (χ0v) is 12.0. The summed E-state index contributed by atoms with van der Waals surface area (Å²) >= 11 is 0. The molecule has 112 valence electrons. The number of rotatable bonds is 6. The molecule has 1 saturated heterocycles. The third-order valence-corrected chi connectivity index (χ3v) is 3.33. The number of hydrogen-bond acceptors (Lipinski definition) is 7. The zero-order valence-electron chi connectivity index (χ0n) is 12.0. The molecule has 0 bridgehead atoms. The van der Waals surface area contributed by atoms with Crippen LogP contribution in [0.4, 0.5) is 11.9 Å². The van der Waals surface area contributed by atoms with E-state index in [0.717, 1.165) is 32.4 Å². The van der Waals surface area contributed by atoms with Gasteiger partial charge in [0.2, 0.25) is 11.9 Å². The molecule has 0 saturated carbocycles. The Balaban J connectivity index is 1.67. The molecule has 2 aromatic rings. The summed E-state index contributed by atoms with van der Waals surface area (Å²) in [6.45, 7) is 1.65. The third-order valence-electron chi connectivity index (χ3n) is 3.33. The molecule has 2 N–H and O–H groups in total. The molecule has 3 rings (SSSR count). The summed E-state index contributed by atoms with van der Waals surface area (Å²) in [6, 6.07) is 1.83. The first-order valence-electron chi connectivity index (χ1n) is 7.14. The summed E-state index contributed by atoms with van der Waals surface area (Å²) < 4.78 is 7.20. The summed E-state index contributed by atoms with van der Waals surface area (Å²) in [5.41, 5.74) is 0. The Bertz CT molecular complexity index is 566. The number of anilines is 2. The van der Waals surface area contributed by atoms with Gasteiger partial charge in [-0.3, -0.25) is 0 Å². The molecule has 21 heavy (non-hydrogen) atoms. The fraction of sp³-hybridized carbons (Fsp3) is 0.538. The van der Waals surface area contributed by atoms with Gasteiger partial charge in [0.25, 0.3) is 5.95 Å². The molecule has 1 fully saturated rings. The predicted octanol–water partition coefficient (Wildman–Crippen LogP) is 1.08. The molecule has 1 aliphatic rings. The Hall–Kier alpha value is -2.22. The quantitative estimate of drug-likeness (QED) is 0.822. The molecule has 1 atom stereocenters. The van der Waals surface area contributed by atoms with E-state index in [0.29, 0.717) is 23.9 Å². The summed E-state index contributed by atoms with van der Waals surface area (Å²) in [7, 11) is 1.78. The average molecular weight is 289 g/mol. The zero-order chi connectivity index (χ0) is 14.5. The van der Waals surface area contributed by atoms with Gasteiger partial charge in [0.1, 0.15) is 0 Å². The Morgan fingerprint density at radius 3 is 2.95 bits per heavy atom. The van der Waals surface area contributed by atoms with Gasteiger partial charge in [0.15, 0.2) is 0 Å². The van der Waals surface area contributed by atoms with Crippen LogP contribution >= 0.6 is 0 Å². The van der Waals surface area contributed by atoms with Gasteiger partial charge >= 0.3 is 0 Å². The van der Waals surface area contributed by atoms with Crippen LogP contribution in [0.1, 0.15) is 19.3 Å². The highest BCUT2D eigenvalue weighted by Gasteiger charge is 2.15. The van der Waals surface area contributed by atoms with E-state index in [1.54, 1.807) is 24.1 Å². The number of nitrogens with zero attached hydrogens (tertiary/aromatic N) is 5. The van der Waals surface area contributed by atoms with Crippen molar-refractivity contribution in [2.75, 3.05) is 30.8 Å². The van der Waals surface area contributed by atoms with Crippen LogP contribution in [-0.2, 0) is 4.74 Å². The molecule has 0 aromatic carbocycles. The monoisotopic (exact) mass is 289 g/mol. The summed E-state index contributed by atoms with van der Waals surface area (Å²) in [6.07, 6.45) is 7.09. The second-order valence-corrected chi connectivity index (χ2v) is 4.83. The molecule has 0 radical (unpaired) electrons. The highest BCUT2D eigenvalue weighted by atomic mass is 16.5. The van der Waals surface area contributed by atoms with Gasteiger partial charge in [-0.15, -0.1) is 0 Å². The number of aromatic nitrogens is 5. The second-order valence-electron chi connectivity index (χ2n) is 4.83. The van der Waals surface area contributed by atoms with Gasteiger partial charge in [0, 0.05) is 32.6 Å². The molecular weight excluding hydrogens is 270 g/mol. The fourth-order valence-corrected chi connectivity index (χ4v) is 2.26. The summed E-state index contributed by atoms with van der Waals surface area (Å²) in [5.74, 6) is 1.53. The van der Waals surface area contributed by atoms with Gasteiger partial charge in [-0.2, -0.15) is 20.1 Å². The topological polar surface area (TPSA) is 89.8 Å². The molecule has 1 unspecified atom stereocenters. The van der Waals surface area contributed by atoms with Crippen molar-refractivity contribution < 1.29 is 4.74 Å². The van der Waals surface area contributed by atoms with Crippen molar-refractivity contribution in [1.29, 1.82) is 0 Å². The second kappa shape index (κ2) is 6.49. The first kappa shape index (κ1) is 13.7. The molecule has 8 nitrogen and oxygen atoms in total. The number of nitrogens with one attached hydrogen (secondary N) is 2. The maximum absolute atomic E-state index is 5.60. The third kappa shape index (κ3) is 3.46. The minimum atomic E-state index is 0.355. The minimum Gasteiger partial charge on any atom is -0.378 e. The van der Waals surface area contributed by atoms with Crippen LogP contribution < -0.4 is 10.6 Å². The van der Waals surface area contributed by atoms with Crippen LogP contribution in [0.2, 0.25) is 0 Å². The van der Waals surface area contributed by atoms with E-state index < -0.39 is 0 Å². The molecule has 0 amide bonds. The molecule has 2 aromatic heterocycles. The van der Waals surface area contributed by atoms with Gasteiger partial charge in [-0.1, -0.05) is 0 Å². The summed E-state index contributed by atoms with van der Waals surface area (Å²) in [5, 5.41) is 10.3. The Morgan fingerprint density at radius 1 is 1.33 bits per heavy atom. The lowest BCUT2D eigenvalue weighted by Gasteiger charge is -2.11. The van der Waals surface area contributed by atoms with E-state index in [2.05, 4.69) is 30.7 Å². The van der Waals surface area contributed by atoms with Crippen molar-refractivity contribution in [3.8, 4) is 5.95 Å². The maximum atomic E-state index is 5.60. The van der Waals surface area contributed by atoms with Crippen molar-refractivity contribution in [3.63, 3.8) is 0 Å².